The van der Waals surface area contributed by atoms with Crippen LogP contribution in [-0.2, 0) is 39.3 Å². The van der Waals surface area contributed by atoms with Crippen molar-refractivity contribution in [1.82, 2.24) is 4.57 Å². The molecule has 0 aliphatic carbocycles. The SMILES string of the molecule is CSCOc1ccc(-c2[c-]cc(C)c(=O)n2CC(F)F)c(Br)c1.[Y]. The third-order valence-electron chi connectivity index (χ3n) is 3.14. The number of halogens is 3. The van der Waals surface area contributed by atoms with E-state index in [2.05, 4.69) is 22.0 Å². The van der Waals surface area contributed by atoms with Gasteiger partial charge in [0.1, 0.15) is 11.7 Å². The molecule has 1 radical (unpaired) electrons. The monoisotopic (exact) mass is 491 g/mol. The summed E-state index contributed by atoms with van der Waals surface area (Å²) in [6.07, 6.45) is -0.696. The zero-order chi connectivity index (χ0) is 17.0. The van der Waals surface area contributed by atoms with E-state index in [0.29, 0.717) is 33.0 Å². The Bertz CT molecular complexity index is 755. The molecule has 2 rings (SSSR count). The average molecular weight is 492 g/mol. The van der Waals surface area contributed by atoms with Gasteiger partial charge < -0.3 is 9.30 Å². The van der Waals surface area contributed by atoms with Crippen molar-refractivity contribution in [3.63, 3.8) is 0 Å². The van der Waals surface area contributed by atoms with Crippen molar-refractivity contribution in [3.05, 3.63) is 50.7 Å². The first-order valence-corrected chi connectivity index (χ1v) is 8.94. The molecule has 1 aromatic carbocycles. The number of alkyl halides is 2. The van der Waals surface area contributed by atoms with Crippen LogP contribution in [0.15, 0.2) is 33.5 Å². The van der Waals surface area contributed by atoms with Crippen molar-refractivity contribution in [2.75, 3.05) is 12.2 Å². The van der Waals surface area contributed by atoms with Crippen LogP contribution in [0.3, 0.4) is 0 Å². The van der Waals surface area contributed by atoms with Gasteiger partial charge >= 0.3 is 0 Å². The zero-order valence-corrected chi connectivity index (χ0v) is 18.4. The minimum atomic E-state index is -2.62. The van der Waals surface area contributed by atoms with Crippen molar-refractivity contribution in [1.29, 1.82) is 0 Å². The van der Waals surface area contributed by atoms with E-state index in [0.717, 1.165) is 4.57 Å². The summed E-state index contributed by atoms with van der Waals surface area (Å²) in [6, 6.07) is 9.65. The van der Waals surface area contributed by atoms with Gasteiger partial charge in [-0.2, -0.15) is 12.1 Å². The third-order valence-corrected chi connectivity index (χ3v) is 4.15. The molecule has 0 atom stereocenters. The minimum absolute atomic E-state index is 0. The summed E-state index contributed by atoms with van der Waals surface area (Å²) in [5.41, 5.74) is 0.877. The molecule has 0 aliphatic rings. The van der Waals surface area contributed by atoms with Gasteiger partial charge in [-0.05, 0) is 22.9 Å². The van der Waals surface area contributed by atoms with E-state index >= 15 is 0 Å². The van der Waals surface area contributed by atoms with Crippen LogP contribution in [0.1, 0.15) is 5.56 Å². The number of nitrogens with zero attached hydrogens (tertiary/aromatic N) is 1. The predicted octanol–water partition coefficient (Wildman–Crippen LogP) is 4.35. The number of hydrogen-bond donors (Lipinski definition) is 0. The van der Waals surface area contributed by atoms with Gasteiger partial charge in [-0.25, -0.2) is 8.78 Å². The number of hydrogen-bond acceptors (Lipinski definition) is 3. The molecule has 0 N–H and O–H groups in total. The Morgan fingerprint density at radius 1 is 1.42 bits per heavy atom. The average Bonchev–Trinajstić information content (AvgIpc) is 2.50. The van der Waals surface area contributed by atoms with Gasteiger partial charge in [-0.3, -0.25) is 4.79 Å². The van der Waals surface area contributed by atoms with Crippen LogP contribution in [0, 0.1) is 13.0 Å². The molecule has 1 heterocycles. The van der Waals surface area contributed by atoms with Gasteiger partial charge in [-0.1, -0.05) is 39.7 Å². The van der Waals surface area contributed by atoms with E-state index in [-0.39, 0.29) is 32.7 Å². The molecule has 0 unspecified atom stereocenters. The van der Waals surface area contributed by atoms with Crippen LogP contribution in [0.5, 0.6) is 5.75 Å². The molecule has 8 heteroatoms. The van der Waals surface area contributed by atoms with Crippen LogP contribution in [0.4, 0.5) is 8.78 Å². The number of aromatic nitrogens is 1. The molecule has 0 saturated carbocycles. The second kappa shape index (κ2) is 10.0. The normalized spacial score (nSPS) is 10.6. The van der Waals surface area contributed by atoms with Crippen molar-refractivity contribution >= 4 is 27.7 Å². The maximum Gasteiger partial charge on any atom is 0.256 e. The van der Waals surface area contributed by atoms with Gasteiger partial charge in [0.15, 0.2) is 5.56 Å². The second-order valence-electron chi connectivity index (χ2n) is 4.82. The third kappa shape index (κ3) is 5.38. The van der Waals surface area contributed by atoms with E-state index in [9.17, 15) is 13.6 Å². The molecule has 0 amide bonds. The first kappa shape index (κ1) is 21.8. The van der Waals surface area contributed by atoms with E-state index in [4.69, 9.17) is 4.74 Å². The summed E-state index contributed by atoms with van der Waals surface area (Å²) < 4.78 is 32.9. The number of rotatable bonds is 6. The Balaban J connectivity index is 0.00000288. The molecule has 1 aromatic heterocycles. The molecular formula is C16H15BrF2NO2SY-. The Morgan fingerprint density at radius 3 is 2.71 bits per heavy atom. The molecule has 3 nitrogen and oxygen atoms in total. The Morgan fingerprint density at radius 2 is 2.12 bits per heavy atom. The van der Waals surface area contributed by atoms with Crippen LogP contribution < -0.4 is 10.3 Å². The van der Waals surface area contributed by atoms with Gasteiger partial charge in [-0.15, -0.1) is 17.8 Å². The van der Waals surface area contributed by atoms with Crippen LogP contribution in [0.25, 0.3) is 11.3 Å². The number of aryl methyl sites for hydroxylation is 1. The number of ether oxygens (including phenoxy) is 1. The maximum absolute atomic E-state index is 12.8. The van der Waals surface area contributed by atoms with Crippen molar-refractivity contribution in [3.8, 4) is 17.0 Å². The van der Waals surface area contributed by atoms with Crippen LogP contribution in [0.2, 0.25) is 0 Å². The second-order valence-corrected chi connectivity index (χ2v) is 6.49. The predicted molar refractivity (Wildman–Crippen MR) is 92.4 cm³/mol. The van der Waals surface area contributed by atoms with E-state index in [1.807, 2.05) is 6.26 Å². The number of pyridine rings is 1. The summed E-state index contributed by atoms with van der Waals surface area (Å²) in [5, 5.41) is 0. The molecule has 0 saturated heterocycles. The van der Waals surface area contributed by atoms with Crippen LogP contribution in [-0.4, -0.2) is 23.2 Å². The summed E-state index contributed by atoms with van der Waals surface area (Å²) in [4.78, 5) is 12.2. The van der Waals surface area contributed by atoms with Gasteiger partial charge in [0.2, 0.25) is 0 Å². The fourth-order valence-corrected chi connectivity index (χ4v) is 2.87. The van der Waals surface area contributed by atoms with Crippen molar-refractivity contribution in [2.45, 2.75) is 19.9 Å². The topological polar surface area (TPSA) is 31.2 Å². The molecule has 0 fully saturated rings. The number of benzene rings is 1. The Kier molecular flexibility index (Phi) is 9.13. The molecular weight excluding hydrogens is 477 g/mol. The van der Waals surface area contributed by atoms with Crippen molar-refractivity contribution in [2.24, 2.45) is 0 Å². The molecule has 0 bridgehead atoms. The van der Waals surface area contributed by atoms with Crippen LogP contribution >= 0.6 is 27.7 Å². The fourth-order valence-electron chi connectivity index (χ4n) is 2.07. The van der Waals surface area contributed by atoms with Gasteiger partial charge in [0.05, 0.1) is 6.54 Å². The standard InChI is InChI=1S/C16H15BrF2NO2S.Y/c1-10-3-6-14(20(16(10)21)8-15(18)19)12-5-4-11(7-13(12)17)22-9-23-2;/h3-5,7,15H,8-9H2,1-2H3;/q-1;. The smallest absolute Gasteiger partial charge is 0.256 e. The first-order chi connectivity index (χ1) is 10.9. The summed E-state index contributed by atoms with van der Waals surface area (Å²) in [5.74, 6) is 1.17. The quantitative estimate of drug-likeness (QED) is 0.444. The summed E-state index contributed by atoms with van der Waals surface area (Å²) in [7, 11) is 0. The molecule has 0 aliphatic heterocycles. The molecule has 2 aromatic rings. The summed E-state index contributed by atoms with van der Waals surface area (Å²) >= 11 is 4.95. The van der Waals surface area contributed by atoms with E-state index < -0.39 is 18.5 Å². The molecule has 24 heavy (non-hydrogen) atoms. The molecule has 0 spiro atoms. The van der Waals surface area contributed by atoms with Gasteiger partial charge in [0, 0.05) is 32.7 Å². The largest absolute Gasteiger partial charge is 0.483 e. The van der Waals surface area contributed by atoms with Crippen molar-refractivity contribution < 1.29 is 46.2 Å². The summed E-state index contributed by atoms with van der Waals surface area (Å²) in [6.45, 7) is 0.919. The maximum atomic E-state index is 12.8. The Labute approximate surface area is 177 Å². The van der Waals surface area contributed by atoms with Gasteiger partial charge in [0.25, 0.3) is 6.43 Å². The minimum Gasteiger partial charge on any atom is -0.483 e. The Hall–Kier alpha value is -0.236. The molecule has 127 valence electrons. The first-order valence-electron chi connectivity index (χ1n) is 6.76. The zero-order valence-electron chi connectivity index (χ0n) is 13.2. The van der Waals surface area contributed by atoms with E-state index in [1.54, 1.807) is 36.9 Å². The van der Waals surface area contributed by atoms with E-state index in [1.165, 1.54) is 6.07 Å². The number of thioether (sulfide) groups is 1. The fraction of sp³-hybridized carbons (Fsp3) is 0.312.